The number of aliphatic hydroxyl groups excluding tert-OH is 1. The van der Waals surface area contributed by atoms with Crippen molar-refractivity contribution in [2.45, 2.75) is 6.04 Å². The van der Waals surface area contributed by atoms with Crippen molar-refractivity contribution in [1.82, 2.24) is 9.55 Å². The van der Waals surface area contributed by atoms with Crippen molar-refractivity contribution in [3.8, 4) is 5.69 Å². The van der Waals surface area contributed by atoms with Crippen molar-refractivity contribution in [1.29, 1.82) is 0 Å². The van der Waals surface area contributed by atoms with E-state index in [0.29, 0.717) is 5.02 Å². The predicted octanol–water partition coefficient (Wildman–Crippen LogP) is 1.52. The first kappa shape index (κ1) is 11.1. The van der Waals surface area contributed by atoms with Gasteiger partial charge in [0.05, 0.1) is 30.9 Å². The second kappa shape index (κ2) is 4.65. The zero-order valence-electron chi connectivity index (χ0n) is 8.55. The number of hydrogen-bond acceptors (Lipinski definition) is 3. The van der Waals surface area contributed by atoms with Crippen LogP contribution in [0.15, 0.2) is 36.8 Å². The van der Waals surface area contributed by atoms with Gasteiger partial charge >= 0.3 is 0 Å². The Morgan fingerprint density at radius 1 is 1.38 bits per heavy atom. The van der Waals surface area contributed by atoms with Crippen LogP contribution >= 0.6 is 11.6 Å². The van der Waals surface area contributed by atoms with Crippen LogP contribution in [0.2, 0.25) is 5.02 Å². The van der Waals surface area contributed by atoms with Gasteiger partial charge in [0.15, 0.2) is 0 Å². The van der Waals surface area contributed by atoms with Crippen molar-refractivity contribution in [3.05, 3.63) is 47.5 Å². The van der Waals surface area contributed by atoms with Crippen LogP contribution in [-0.4, -0.2) is 21.3 Å². The normalized spacial score (nSPS) is 12.7. The number of halogens is 1. The molecule has 0 saturated heterocycles. The molecule has 1 atom stereocenters. The Morgan fingerprint density at radius 2 is 2.06 bits per heavy atom. The summed E-state index contributed by atoms with van der Waals surface area (Å²) in [6.45, 7) is -0.112. The van der Waals surface area contributed by atoms with Crippen LogP contribution in [0.4, 0.5) is 0 Å². The summed E-state index contributed by atoms with van der Waals surface area (Å²) in [5, 5.41) is 9.71. The lowest BCUT2D eigenvalue weighted by Gasteiger charge is -2.12. The number of rotatable bonds is 3. The molecule has 0 amide bonds. The average Bonchev–Trinajstić information content (AvgIpc) is 2.78. The van der Waals surface area contributed by atoms with Crippen molar-refractivity contribution in [3.63, 3.8) is 0 Å². The molecule has 5 heteroatoms. The highest BCUT2D eigenvalue weighted by Gasteiger charge is 2.11. The van der Waals surface area contributed by atoms with Crippen molar-refractivity contribution >= 4 is 11.6 Å². The molecule has 1 aromatic carbocycles. The number of benzene rings is 1. The van der Waals surface area contributed by atoms with E-state index in [0.717, 1.165) is 11.4 Å². The first-order valence-corrected chi connectivity index (χ1v) is 5.25. The lowest BCUT2D eigenvalue weighted by atomic mass is 10.2. The average molecular weight is 238 g/mol. The molecule has 1 aromatic heterocycles. The van der Waals surface area contributed by atoms with Gasteiger partial charge in [-0.25, -0.2) is 4.98 Å². The lowest BCUT2D eigenvalue weighted by molar-refractivity contribution is 0.265. The summed E-state index contributed by atoms with van der Waals surface area (Å²) in [6.07, 6.45) is 3.31. The van der Waals surface area contributed by atoms with Gasteiger partial charge in [-0.05, 0) is 24.3 Å². The molecule has 0 spiro atoms. The molecule has 4 nitrogen and oxygen atoms in total. The molecular weight excluding hydrogens is 226 g/mol. The van der Waals surface area contributed by atoms with E-state index in [4.69, 9.17) is 22.4 Å². The first-order chi connectivity index (χ1) is 7.72. The molecule has 0 aliphatic rings. The molecule has 84 valence electrons. The smallest absolute Gasteiger partial charge is 0.0994 e. The van der Waals surface area contributed by atoms with E-state index >= 15 is 0 Å². The van der Waals surface area contributed by atoms with Crippen LogP contribution < -0.4 is 5.73 Å². The van der Waals surface area contributed by atoms with Crippen molar-refractivity contribution in [2.75, 3.05) is 6.61 Å². The molecule has 3 N–H and O–H groups in total. The van der Waals surface area contributed by atoms with E-state index in [1.807, 2.05) is 16.7 Å². The van der Waals surface area contributed by atoms with Gasteiger partial charge in [0.25, 0.3) is 0 Å². The largest absolute Gasteiger partial charge is 0.394 e. The van der Waals surface area contributed by atoms with Gasteiger partial charge in [0, 0.05) is 10.7 Å². The van der Waals surface area contributed by atoms with Crippen molar-refractivity contribution in [2.24, 2.45) is 5.73 Å². The Labute approximate surface area is 98.3 Å². The van der Waals surface area contributed by atoms with Gasteiger partial charge in [-0.15, -0.1) is 0 Å². The SMILES string of the molecule is NC(CO)c1cncn1-c1ccc(Cl)cc1. The van der Waals surface area contributed by atoms with E-state index in [-0.39, 0.29) is 6.61 Å². The quantitative estimate of drug-likeness (QED) is 0.851. The summed E-state index contributed by atoms with van der Waals surface area (Å²) in [4.78, 5) is 4.03. The van der Waals surface area contributed by atoms with Crippen LogP contribution in [0.25, 0.3) is 5.69 Å². The van der Waals surface area contributed by atoms with E-state index in [1.54, 1.807) is 24.7 Å². The molecule has 2 aromatic rings. The molecule has 16 heavy (non-hydrogen) atoms. The lowest BCUT2D eigenvalue weighted by Crippen LogP contribution is -2.17. The highest BCUT2D eigenvalue weighted by molar-refractivity contribution is 6.30. The number of nitrogens with zero attached hydrogens (tertiary/aromatic N) is 2. The minimum atomic E-state index is -0.432. The van der Waals surface area contributed by atoms with E-state index in [2.05, 4.69) is 4.98 Å². The van der Waals surface area contributed by atoms with E-state index in [1.165, 1.54) is 0 Å². The van der Waals surface area contributed by atoms with E-state index in [9.17, 15) is 0 Å². The van der Waals surface area contributed by atoms with Crippen LogP contribution in [0.5, 0.6) is 0 Å². The highest BCUT2D eigenvalue weighted by atomic mass is 35.5. The van der Waals surface area contributed by atoms with Crippen LogP contribution in [-0.2, 0) is 0 Å². The minimum Gasteiger partial charge on any atom is -0.394 e. The summed E-state index contributed by atoms with van der Waals surface area (Å²) >= 11 is 5.81. The molecule has 0 saturated carbocycles. The second-order valence-electron chi connectivity index (χ2n) is 3.45. The Morgan fingerprint density at radius 3 is 2.69 bits per heavy atom. The molecule has 0 radical (unpaired) electrons. The summed E-state index contributed by atoms with van der Waals surface area (Å²) in [7, 11) is 0. The predicted molar refractivity (Wildman–Crippen MR) is 62.6 cm³/mol. The monoisotopic (exact) mass is 237 g/mol. The Balaban J connectivity index is 2.40. The summed E-state index contributed by atoms with van der Waals surface area (Å²) in [6, 6.07) is 6.91. The Bertz CT molecular complexity index is 466. The number of aliphatic hydroxyl groups is 1. The third kappa shape index (κ3) is 2.09. The third-order valence-electron chi connectivity index (χ3n) is 2.35. The minimum absolute atomic E-state index is 0.112. The fourth-order valence-electron chi connectivity index (χ4n) is 1.49. The third-order valence-corrected chi connectivity index (χ3v) is 2.60. The van der Waals surface area contributed by atoms with E-state index < -0.39 is 6.04 Å². The molecule has 0 aliphatic heterocycles. The number of hydrogen-bond donors (Lipinski definition) is 2. The van der Waals surface area contributed by atoms with Gasteiger partial charge in [-0.1, -0.05) is 11.6 Å². The zero-order valence-corrected chi connectivity index (χ0v) is 9.30. The Kier molecular flexibility index (Phi) is 3.24. The van der Waals surface area contributed by atoms with Crippen LogP contribution in [0, 0.1) is 0 Å². The fourth-order valence-corrected chi connectivity index (χ4v) is 1.62. The van der Waals surface area contributed by atoms with Crippen molar-refractivity contribution < 1.29 is 5.11 Å². The van der Waals surface area contributed by atoms with Crippen LogP contribution in [0.3, 0.4) is 0 Å². The molecule has 2 rings (SSSR count). The summed E-state index contributed by atoms with van der Waals surface area (Å²) in [5.41, 5.74) is 7.46. The summed E-state index contributed by atoms with van der Waals surface area (Å²) in [5.74, 6) is 0. The maximum atomic E-state index is 9.03. The van der Waals surface area contributed by atoms with Gasteiger partial charge in [-0.2, -0.15) is 0 Å². The fraction of sp³-hybridized carbons (Fsp3) is 0.182. The standard InChI is InChI=1S/C11H12ClN3O/c12-8-1-3-9(4-2-8)15-7-14-5-11(15)10(13)6-16/h1-5,7,10,16H,6,13H2. The Hall–Kier alpha value is -1.36. The van der Waals surface area contributed by atoms with Gasteiger partial charge < -0.3 is 15.4 Å². The van der Waals surface area contributed by atoms with Crippen LogP contribution in [0.1, 0.15) is 11.7 Å². The number of nitrogens with two attached hydrogens (primary N) is 1. The van der Waals surface area contributed by atoms with Gasteiger partial charge in [-0.3, -0.25) is 0 Å². The maximum absolute atomic E-state index is 9.03. The van der Waals surface area contributed by atoms with Gasteiger partial charge in [0.2, 0.25) is 0 Å². The molecule has 0 aliphatic carbocycles. The maximum Gasteiger partial charge on any atom is 0.0994 e. The molecule has 1 heterocycles. The number of imidazole rings is 1. The zero-order chi connectivity index (χ0) is 11.5. The summed E-state index contributed by atoms with van der Waals surface area (Å²) < 4.78 is 1.83. The topological polar surface area (TPSA) is 64.1 Å². The second-order valence-corrected chi connectivity index (χ2v) is 3.89. The highest BCUT2D eigenvalue weighted by Crippen LogP contribution is 2.18. The molecule has 0 fully saturated rings. The first-order valence-electron chi connectivity index (χ1n) is 4.87. The molecular formula is C11H12ClN3O. The molecule has 0 bridgehead atoms. The number of aromatic nitrogens is 2. The molecule has 1 unspecified atom stereocenters. The van der Waals surface area contributed by atoms with Gasteiger partial charge in [0.1, 0.15) is 0 Å².